The van der Waals surface area contributed by atoms with Crippen LogP contribution in [-0.2, 0) is 19.0 Å². The molecule has 3 aromatic heterocycles. The molecule has 0 atom stereocenters. The lowest BCUT2D eigenvalue weighted by atomic mass is 9.95. The second-order valence-electron chi connectivity index (χ2n) is 10.0. The summed E-state index contributed by atoms with van der Waals surface area (Å²) >= 11 is 2.39. The van der Waals surface area contributed by atoms with Gasteiger partial charge in [-0.05, 0) is 80.3 Å². The highest BCUT2D eigenvalue weighted by Gasteiger charge is 2.34. The third kappa shape index (κ3) is 6.73. The molecule has 0 unspecified atom stereocenters. The third-order valence-electron chi connectivity index (χ3n) is 6.86. The molecular formula is C32H25F3N4O2S2. The zero-order valence-corrected chi connectivity index (χ0v) is 24.6. The van der Waals surface area contributed by atoms with E-state index in [9.17, 15) is 18.0 Å². The highest BCUT2D eigenvalue weighted by atomic mass is 32.2. The van der Waals surface area contributed by atoms with Crippen molar-refractivity contribution >= 4 is 45.9 Å². The number of thiophene rings is 1. The Hall–Kier alpha value is -4.22. The lowest BCUT2D eigenvalue weighted by Gasteiger charge is -2.13. The molecule has 0 fully saturated rings. The number of hydrogen-bond acceptors (Lipinski definition) is 7. The number of aromatic nitrogens is 2. The number of carbonyl (C=O) groups is 1. The number of aliphatic imine (C=N–C) groups is 1. The van der Waals surface area contributed by atoms with E-state index in [4.69, 9.17) is 4.42 Å². The highest BCUT2D eigenvalue weighted by molar-refractivity contribution is 7.99. The number of alkyl halides is 3. The van der Waals surface area contributed by atoms with Crippen LogP contribution in [0.25, 0.3) is 11.3 Å². The summed E-state index contributed by atoms with van der Waals surface area (Å²) in [4.78, 5) is 27.3. The van der Waals surface area contributed by atoms with Crippen molar-refractivity contribution in [3.8, 4) is 11.3 Å². The molecule has 5 aromatic rings. The summed E-state index contributed by atoms with van der Waals surface area (Å²) in [6, 6.07) is 20.5. The summed E-state index contributed by atoms with van der Waals surface area (Å²) in [5.74, 6) is 0.177. The molecule has 43 heavy (non-hydrogen) atoms. The molecule has 218 valence electrons. The lowest BCUT2D eigenvalue weighted by Crippen LogP contribution is -2.14. The monoisotopic (exact) mass is 618 g/mol. The number of hydrogen-bond donors (Lipinski definition) is 1. The van der Waals surface area contributed by atoms with Crippen LogP contribution in [0.3, 0.4) is 0 Å². The summed E-state index contributed by atoms with van der Waals surface area (Å²) in [5, 5.41) is 3.81. The number of amides is 1. The summed E-state index contributed by atoms with van der Waals surface area (Å²) in [7, 11) is 0. The standard InChI is InChI=1S/C32H25F3N4O2S2/c1-19-11-13-21(14-12-19)37-29(40)28-23-9-5-6-10-25(23)42-30(28)36-18-22-15-16-27(41-22)43-31-38-24(20-7-3-2-4-8-20)17-26(39-31)32(33,34)35/h2-4,7-8,11-18H,5-6,9-10H2,1H3,(H,37,40). The van der Waals surface area contributed by atoms with E-state index >= 15 is 0 Å². The topological polar surface area (TPSA) is 80.4 Å². The van der Waals surface area contributed by atoms with Gasteiger partial charge in [-0.1, -0.05) is 48.0 Å². The van der Waals surface area contributed by atoms with Gasteiger partial charge in [0.05, 0.1) is 17.5 Å². The highest BCUT2D eigenvalue weighted by Crippen LogP contribution is 2.40. The van der Waals surface area contributed by atoms with E-state index in [1.165, 1.54) is 22.4 Å². The number of furan rings is 1. The van der Waals surface area contributed by atoms with Crippen LogP contribution in [-0.4, -0.2) is 22.1 Å². The van der Waals surface area contributed by atoms with Gasteiger partial charge in [0.1, 0.15) is 16.5 Å². The minimum Gasteiger partial charge on any atom is -0.448 e. The first-order valence-electron chi connectivity index (χ1n) is 13.6. The summed E-state index contributed by atoms with van der Waals surface area (Å²) in [6.07, 6.45) is 0.696. The third-order valence-corrected chi connectivity index (χ3v) is 8.84. The molecule has 1 aliphatic rings. The van der Waals surface area contributed by atoms with Gasteiger partial charge in [-0.25, -0.2) is 15.0 Å². The van der Waals surface area contributed by atoms with E-state index in [1.54, 1.807) is 42.5 Å². The van der Waals surface area contributed by atoms with Crippen molar-refractivity contribution in [3.05, 3.63) is 106 Å². The molecule has 2 aromatic carbocycles. The minimum atomic E-state index is -4.63. The number of carbonyl (C=O) groups excluding carboxylic acids is 1. The molecule has 0 saturated heterocycles. The molecule has 0 radical (unpaired) electrons. The van der Waals surface area contributed by atoms with Gasteiger partial charge in [0.15, 0.2) is 10.2 Å². The second kappa shape index (κ2) is 12.2. The van der Waals surface area contributed by atoms with Crippen LogP contribution < -0.4 is 5.32 Å². The number of aryl methyl sites for hydroxylation is 2. The molecule has 0 bridgehead atoms. The molecule has 0 spiro atoms. The van der Waals surface area contributed by atoms with Crippen LogP contribution in [0.5, 0.6) is 0 Å². The Morgan fingerprint density at radius 3 is 2.56 bits per heavy atom. The molecule has 11 heteroatoms. The molecule has 6 rings (SSSR count). The van der Waals surface area contributed by atoms with Crippen LogP contribution in [0, 0.1) is 6.92 Å². The maximum Gasteiger partial charge on any atom is 0.433 e. The number of nitrogens with one attached hydrogen (secondary N) is 1. The Morgan fingerprint density at radius 2 is 1.79 bits per heavy atom. The van der Waals surface area contributed by atoms with Gasteiger partial charge < -0.3 is 9.73 Å². The second-order valence-corrected chi connectivity index (χ2v) is 12.1. The van der Waals surface area contributed by atoms with E-state index in [0.29, 0.717) is 32.7 Å². The number of anilines is 1. The average molecular weight is 619 g/mol. The number of benzene rings is 2. The van der Waals surface area contributed by atoms with Crippen LogP contribution in [0.2, 0.25) is 0 Å². The first kappa shape index (κ1) is 28.9. The Balaban J connectivity index is 1.25. The summed E-state index contributed by atoms with van der Waals surface area (Å²) in [6.45, 7) is 1.99. The molecule has 6 nitrogen and oxygen atoms in total. The van der Waals surface area contributed by atoms with Gasteiger partial charge in [0, 0.05) is 16.1 Å². The lowest BCUT2D eigenvalue weighted by molar-refractivity contribution is -0.141. The molecule has 1 N–H and O–H groups in total. The van der Waals surface area contributed by atoms with Gasteiger partial charge in [-0.3, -0.25) is 4.79 Å². The molecule has 1 aliphatic carbocycles. The van der Waals surface area contributed by atoms with Crippen molar-refractivity contribution in [2.75, 3.05) is 5.32 Å². The molecule has 0 aliphatic heterocycles. The van der Waals surface area contributed by atoms with Crippen molar-refractivity contribution in [1.82, 2.24) is 9.97 Å². The predicted molar refractivity (Wildman–Crippen MR) is 163 cm³/mol. The fourth-order valence-electron chi connectivity index (χ4n) is 4.75. The Bertz CT molecular complexity index is 1800. The minimum absolute atomic E-state index is 0.0903. The van der Waals surface area contributed by atoms with E-state index in [0.717, 1.165) is 54.6 Å². The fourth-order valence-corrected chi connectivity index (χ4v) is 6.72. The molecule has 3 heterocycles. The van der Waals surface area contributed by atoms with Crippen LogP contribution in [0.4, 0.5) is 23.9 Å². The van der Waals surface area contributed by atoms with E-state index in [-0.39, 0.29) is 16.8 Å². The van der Waals surface area contributed by atoms with Crippen molar-refractivity contribution in [3.63, 3.8) is 0 Å². The Kier molecular flexibility index (Phi) is 8.18. The van der Waals surface area contributed by atoms with E-state index < -0.39 is 11.9 Å². The predicted octanol–water partition coefficient (Wildman–Crippen LogP) is 9.16. The summed E-state index contributed by atoms with van der Waals surface area (Å²) in [5.41, 5.74) is 3.10. The maximum atomic E-state index is 13.6. The van der Waals surface area contributed by atoms with Gasteiger partial charge in [0.2, 0.25) is 0 Å². The smallest absolute Gasteiger partial charge is 0.433 e. The molecule has 1 amide bonds. The fraction of sp³-hybridized carbons (Fsp3) is 0.188. The van der Waals surface area contributed by atoms with Crippen LogP contribution in [0.15, 0.2) is 92.5 Å². The van der Waals surface area contributed by atoms with Gasteiger partial charge in [-0.15, -0.1) is 11.3 Å². The maximum absolute atomic E-state index is 13.6. The van der Waals surface area contributed by atoms with Gasteiger partial charge in [-0.2, -0.15) is 13.2 Å². The number of fused-ring (bicyclic) bond motifs is 1. The van der Waals surface area contributed by atoms with E-state index in [1.807, 2.05) is 31.2 Å². The van der Waals surface area contributed by atoms with Gasteiger partial charge in [0.25, 0.3) is 5.91 Å². The van der Waals surface area contributed by atoms with E-state index in [2.05, 4.69) is 20.3 Å². The first-order chi connectivity index (χ1) is 20.7. The van der Waals surface area contributed by atoms with Crippen LogP contribution >= 0.6 is 23.1 Å². The molecular weight excluding hydrogens is 594 g/mol. The Labute approximate surface area is 254 Å². The largest absolute Gasteiger partial charge is 0.448 e. The van der Waals surface area contributed by atoms with Crippen molar-refractivity contribution in [1.29, 1.82) is 0 Å². The van der Waals surface area contributed by atoms with Gasteiger partial charge >= 0.3 is 6.18 Å². The summed E-state index contributed by atoms with van der Waals surface area (Å²) < 4.78 is 46.7. The Morgan fingerprint density at radius 1 is 1.02 bits per heavy atom. The quantitative estimate of drug-likeness (QED) is 0.145. The normalized spacial score (nSPS) is 13.3. The zero-order valence-electron chi connectivity index (χ0n) is 22.9. The van der Waals surface area contributed by atoms with Crippen molar-refractivity contribution < 1.29 is 22.4 Å². The zero-order chi connectivity index (χ0) is 30.0. The number of halogens is 3. The average Bonchev–Trinajstić information content (AvgIpc) is 3.61. The van der Waals surface area contributed by atoms with Crippen LogP contribution in [0.1, 0.15) is 50.7 Å². The van der Waals surface area contributed by atoms with Crippen molar-refractivity contribution in [2.45, 2.75) is 49.0 Å². The molecule has 0 saturated carbocycles. The SMILES string of the molecule is Cc1ccc(NC(=O)c2c(N=Cc3ccc(Sc4nc(-c5ccccc5)cc(C(F)(F)F)n4)o3)sc3c2CCCC3)cc1. The number of rotatable bonds is 7. The number of nitrogens with zero attached hydrogens (tertiary/aromatic N) is 3. The first-order valence-corrected chi connectivity index (χ1v) is 15.2. The van der Waals surface area contributed by atoms with Crippen molar-refractivity contribution in [2.24, 2.45) is 4.99 Å².